The van der Waals surface area contributed by atoms with Crippen LogP contribution in [-0.4, -0.2) is 28.5 Å². The Morgan fingerprint density at radius 1 is 1.40 bits per heavy atom. The van der Waals surface area contributed by atoms with Crippen LogP contribution in [-0.2, 0) is 9.53 Å². The average molecular weight is 269 g/mol. The van der Waals surface area contributed by atoms with E-state index in [-0.39, 0.29) is 11.9 Å². The number of aliphatic imine (C=N–C) groups is 1. The van der Waals surface area contributed by atoms with Crippen molar-refractivity contribution in [3.05, 3.63) is 36.4 Å². The number of benzene rings is 1. The molecule has 0 spiro atoms. The van der Waals surface area contributed by atoms with Crippen LogP contribution in [0.1, 0.15) is 13.3 Å². The minimum atomic E-state index is -0.230. The van der Waals surface area contributed by atoms with E-state index in [1.165, 1.54) is 0 Å². The summed E-state index contributed by atoms with van der Waals surface area (Å²) in [7, 11) is 0. The van der Waals surface area contributed by atoms with Gasteiger partial charge in [0.05, 0.1) is 18.2 Å². The Hall–Kier alpha value is -2.43. The Bertz CT molecular complexity index is 646. The molecule has 2 aromatic rings. The first-order chi connectivity index (χ1) is 9.74. The van der Waals surface area contributed by atoms with Gasteiger partial charge in [0.2, 0.25) is 0 Å². The highest BCUT2D eigenvalue weighted by Gasteiger charge is 2.29. The quantitative estimate of drug-likeness (QED) is 0.688. The molecule has 20 heavy (non-hydrogen) atoms. The molecule has 5 heteroatoms. The lowest BCUT2D eigenvalue weighted by Crippen LogP contribution is -2.16. The molecule has 0 bridgehead atoms. The highest BCUT2D eigenvalue weighted by Crippen LogP contribution is 2.23. The van der Waals surface area contributed by atoms with E-state index < -0.39 is 0 Å². The van der Waals surface area contributed by atoms with Crippen LogP contribution < -0.4 is 0 Å². The smallest absolute Gasteiger partial charge is 0.314 e. The first-order valence-corrected chi connectivity index (χ1v) is 6.56. The number of esters is 1. The summed E-state index contributed by atoms with van der Waals surface area (Å²) in [6.07, 6.45) is 0.699. The topological polar surface area (TPSA) is 67.3 Å². The van der Waals surface area contributed by atoms with Gasteiger partial charge >= 0.3 is 5.97 Å². The number of carbonyl (C=O) groups is 1. The molecule has 5 nitrogen and oxygen atoms in total. The number of hydrogen-bond acceptors (Lipinski definition) is 4. The highest BCUT2D eigenvalue weighted by molar-refractivity contribution is 6.02. The molecule has 1 atom stereocenters. The number of hydrogen-bond donors (Lipinski definition) is 1. The third-order valence-corrected chi connectivity index (χ3v) is 3.38. The molecule has 0 radical (unpaired) electrons. The van der Waals surface area contributed by atoms with E-state index in [1.807, 2.05) is 43.3 Å². The summed E-state index contributed by atoms with van der Waals surface area (Å²) in [6, 6.07) is 11.8. The fourth-order valence-electron chi connectivity index (χ4n) is 2.27. The minimum Gasteiger partial charge on any atom is -0.465 e. The summed E-state index contributed by atoms with van der Waals surface area (Å²) < 4.78 is 4.95. The lowest BCUT2D eigenvalue weighted by Gasteiger charge is -2.02. The fourth-order valence-corrected chi connectivity index (χ4v) is 2.27. The largest absolute Gasteiger partial charge is 0.465 e. The average Bonchev–Trinajstić information content (AvgIpc) is 3.09. The van der Waals surface area contributed by atoms with Gasteiger partial charge in [-0.05, 0) is 12.5 Å². The fraction of sp³-hybridized carbons (Fsp3) is 0.267. The van der Waals surface area contributed by atoms with E-state index in [1.54, 1.807) is 0 Å². The van der Waals surface area contributed by atoms with E-state index in [9.17, 15) is 4.79 Å². The second-order valence-electron chi connectivity index (χ2n) is 4.77. The summed E-state index contributed by atoms with van der Waals surface area (Å²) in [4.78, 5) is 15.9. The van der Waals surface area contributed by atoms with Crippen LogP contribution in [0.15, 0.2) is 41.4 Å². The Balaban J connectivity index is 1.82. The van der Waals surface area contributed by atoms with Gasteiger partial charge in [0.15, 0.2) is 5.82 Å². The maximum absolute atomic E-state index is 11.5. The normalized spacial score (nSPS) is 19.1. The monoisotopic (exact) mass is 269 g/mol. The predicted molar refractivity (Wildman–Crippen MR) is 75.9 cm³/mol. The van der Waals surface area contributed by atoms with Gasteiger partial charge in [-0.3, -0.25) is 9.89 Å². The summed E-state index contributed by atoms with van der Waals surface area (Å²) >= 11 is 0. The number of rotatable bonds is 3. The number of cyclic esters (lactones) is 1. The third-order valence-electron chi connectivity index (χ3n) is 3.38. The van der Waals surface area contributed by atoms with E-state index in [0.29, 0.717) is 18.8 Å². The Morgan fingerprint density at radius 3 is 2.90 bits per heavy atom. The van der Waals surface area contributed by atoms with E-state index in [4.69, 9.17) is 4.74 Å². The van der Waals surface area contributed by atoms with Gasteiger partial charge in [-0.25, -0.2) is 4.99 Å². The Morgan fingerprint density at radius 2 is 2.20 bits per heavy atom. The molecule has 0 saturated carbocycles. The van der Waals surface area contributed by atoms with Crippen molar-refractivity contribution in [2.75, 3.05) is 6.61 Å². The molecule has 0 amide bonds. The van der Waals surface area contributed by atoms with Crippen molar-refractivity contribution in [2.24, 2.45) is 10.9 Å². The zero-order valence-corrected chi connectivity index (χ0v) is 11.2. The summed E-state index contributed by atoms with van der Waals surface area (Å²) in [5.74, 6) is 0.165. The standard InChI is InChI=1S/C15H15N3O2/c1-10(12-7-8-20-15(12)19)16-14-9-13(17-18-14)11-5-3-2-4-6-11/h2-6,9,12H,7-8H2,1H3,(H,17,18)/b16-10+. The number of nitrogens with zero attached hydrogens (tertiary/aromatic N) is 2. The number of aromatic nitrogens is 2. The molecule has 1 aliphatic rings. The second kappa shape index (κ2) is 5.28. The molecule has 1 N–H and O–H groups in total. The van der Waals surface area contributed by atoms with Crippen LogP contribution in [0.4, 0.5) is 5.82 Å². The first-order valence-electron chi connectivity index (χ1n) is 6.56. The molecule has 0 aliphatic carbocycles. The molecular weight excluding hydrogens is 254 g/mol. The minimum absolute atomic E-state index is 0.190. The molecule has 1 aromatic heterocycles. The van der Waals surface area contributed by atoms with Crippen molar-refractivity contribution in [1.29, 1.82) is 0 Å². The zero-order chi connectivity index (χ0) is 13.9. The SMILES string of the molecule is C/C(=N\c1cc(-c2ccccc2)[nH]n1)C1CCOC1=O. The Labute approximate surface area is 116 Å². The van der Waals surface area contributed by atoms with Crippen LogP contribution in [0.2, 0.25) is 0 Å². The van der Waals surface area contributed by atoms with Gasteiger partial charge in [-0.2, -0.15) is 5.10 Å². The predicted octanol–water partition coefficient (Wildman–Crippen LogP) is 2.73. The third kappa shape index (κ3) is 2.47. The molecule has 1 saturated heterocycles. The number of aromatic amines is 1. The van der Waals surface area contributed by atoms with Gasteiger partial charge in [0.1, 0.15) is 0 Å². The number of ether oxygens (including phenoxy) is 1. The van der Waals surface area contributed by atoms with Crippen molar-refractivity contribution < 1.29 is 9.53 Å². The maximum atomic E-state index is 11.5. The lowest BCUT2D eigenvalue weighted by molar-refractivity contribution is -0.139. The molecule has 1 aliphatic heterocycles. The molecule has 102 valence electrons. The molecule has 1 unspecified atom stereocenters. The van der Waals surface area contributed by atoms with Crippen LogP contribution in [0.5, 0.6) is 0 Å². The first kappa shape index (κ1) is 12.6. The van der Waals surface area contributed by atoms with Crippen LogP contribution in [0.25, 0.3) is 11.3 Å². The zero-order valence-electron chi connectivity index (χ0n) is 11.2. The van der Waals surface area contributed by atoms with Crippen molar-refractivity contribution in [1.82, 2.24) is 10.2 Å². The van der Waals surface area contributed by atoms with Crippen molar-refractivity contribution in [2.45, 2.75) is 13.3 Å². The molecule has 1 aromatic carbocycles. The van der Waals surface area contributed by atoms with Gasteiger partial charge in [0.25, 0.3) is 0 Å². The van der Waals surface area contributed by atoms with Crippen LogP contribution >= 0.6 is 0 Å². The molecular formula is C15H15N3O2. The van der Waals surface area contributed by atoms with Crippen LogP contribution in [0, 0.1) is 5.92 Å². The van der Waals surface area contributed by atoms with Gasteiger partial charge in [-0.15, -0.1) is 0 Å². The summed E-state index contributed by atoms with van der Waals surface area (Å²) in [6.45, 7) is 2.32. The van der Waals surface area contributed by atoms with Crippen molar-refractivity contribution in [3.63, 3.8) is 0 Å². The lowest BCUT2D eigenvalue weighted by atomic mass is 10.0. The van der Waals surface area contributed by atoms with Crippen molar-refractivity contribution in [3.8, 4) is 11.3 Å². The van der Waals surface area contributed by atoms with E-state index in [0.717, 1.165) is 17.0 Å². The summed E-state index contributed by atoms with van der Waals surface area (Å²) in [5.41, 5.74) is 2.71. The van der Waals surface area contributed by atoms with Crippen LogP contribution in [0.3, 0.4) is 0 Å². The van der Waals surface area contributed by atoms with Crippen molar-refractivity contribution >= 4 is 17.5 Å². The molecule has 2 heterocycles. The molecule has 3 rings (SSSR count). The number of H-pyrrole nitrogens is 1. The summed E-state index contributed by atoms with van der Waals surface area (Å²) in [5, 5.41) is 7.12. The molecule has 1 fully saturated rings. The number of carbonyl (C=O) groups excluding carboxylic acids is 1. The maximum Gasteiger partial charge on any atom is 0.314 e. The Kier molecular flexibility index (Phi) is 3.33. The number of nitrogens with one attached hydrogen (secondary N) is 1. The van der Waals surface area contributed by atoms with E-state index >= 15 is 0 Å². The van der Waals surface area contributed by atoms with E-state index in [2.05, 4.69) is 15.2 Å². The van der Waals surface area contributed by atoms with Gasteiger partial charge in [-0.1, -0.05) is 30.3 Å². The van der Waals surface area contributed by atoms with Gasteiger partial charge in [0, 0.05) is 18.2 Å². The second-order valence-corrected chi connectivity index (χ2v) is 4.77. The highest BCUT2D eigenvalue weighted by atomic mass is 16.5. The van der Waals surface area contributed by atoms with Gasteiger partial charge < -0.3 is 4.74 Å².